The Morgan fingerprint density at radius 1 is 1.26 bits per heavy atom. The number of hydrogen-bond acceptors (Lipinski definition) is 5. The quantitative estimate of drug-likeness (QED) is 0.564. The van der Waals surface area contributed by atoms with Crippen LogP contribution in [0.2, 0.25) is 0 Å². The van der Waals surface area contributed by atoms with Gasteiger partial charge in [-0.15, -0.1) is 11.3 Å². The molecule has 0 saturated carbocycles. The molecule has 0 spiro atoms. The van der Waals surface area contributed by atoms with Crippen LogP contribution < -0.4 is 10.6 Å². The van der Waals surface area contributed by atoms with Crippen molar-refractivity contribution in [2.45, 2.75) is 46.0 Å². The number of carboxylic acids is 1. The first-order valence-electron chi connectivity index (χ1n) is 7.62. The van der Waals surface area contributed by atoms with Crippen LogP contribution in [0.3, 0.4) is 0 Å². The fraction of sp³-hybridized carbons (Fsp3) is 0.600. The number of anilines is 1. The normalized spacial score (nSPS) is 10.6. The molecule has 8 heteroatoms. The van der Waals surface area contributed by atoms with Gasteiger partial charge in [0.15, 0.2) is 5.13 Å². The predicted molar refractivity (Wildman–Crippen MR) is 88.4 cm³/mol. The van der Waals surface area contributed by atoms with Crippen LogP contribution in [0, 0.1) is 5.92 Å². The van der Waals surface area contributed by atoms with Crippen LogP contribution in [0.25, 0.3) is 0 Å². The highest BCUT2D eigenvalue weighted by molar-refractivity contribution is 7.13. The molecular formula is C15H23N3O4S. The first kappa shape index (κ1) is 19.1. The van der Waals surface area contributed by atoms with Gasteiger partial charge in [0.25, 0.3) is 0 Å². The molecule has 23 heavy (non-hydrogen) atoms. The summed E-state index contributed by atoms with van der Waals surface area (Å²) in [5.41, 5.74) is 0.623. The van der Waals surface area contributed by atoms with E-state index in [4.69, 9.17) is 5.11 Å². The van der Waals surface area contributed by atoms with Crippen LogP contribution in [-0.4, -0.2) is 34.4 Å². The summed E-state index contributed by atoms with van der Waals surface area (Å²) in [5.74, 6) is -1.14. The summed E-state index contributed by atoms with van der Waals surface area (Å²) in [7, 11) is 0. The zero-order valence-electron chi connectivity index (χ0n) is 13.4. The summed E-state index contributed by atoms with van der Waals surface area (Å²) in [4.78, 5) is 37.9. The van der Waals surface area contributed by atoms with E-state index in [1.807, 2.05) is 0 Å². The van der Waals surface area contributed by atoms with Gasteiger partial charge in [-0.3, -0.25) is 14.4 Å². The Morgan fingerprint density at radius 2 is 2.00 bits per heavy atom. The van der Waals surface area contributed by atoms with Gasteiger partial charge in [-0.1, -0.05) is 20.3 Å². The number of nitrogens with zero attached hydrogens (tertiary/aromatic N) is 1. The molecular weight excluding hydrogens is 318 g/mol. The van der Waals surface area contributed by atoms with Crippen LogP contribution in [0.5, 0.6) is 0 Å². The number of carbonyl (C=O) groups excluding carboxylic acids is 2. The average molecular weight is 341 g/mol. The molecule has 0 fully saturated rings. The number of amides is 2. The van der Waals surface area contributed by atoms with Crippen molar-refractivity contribution < 1.29 is 19.5 Å². The summed E-state index contributed by atoms with van der Waals surface area (Å²) in [5, 5.41) is 16.2. The molecule has 3 N–H and O–H groups in total. The summed E-state index contributed by atoms with van der Waals surface area (Å²) in [6.07, 6.45) is 2.48. The molecule has 1 rings (SSSR count). The molecule has 7 nitrogen and oxygen atoms in total. The second-order valence-corrected chi connectivity index (χ2v) is 6.38. The standard InChI is InChI=1S/C15H23N3O4S/c1-10(2)14(22)18-15-17-11(9-23-15)8-12(19)16-7-5-3-4-6-13(20)21/h9-10H,3-8H2,1-2H3,(H,16,19)(H,20,21)(H,17,18,22). The number of unbranched alkanes of at least 4 members (excludes halogenated alkanes) is 2. The van der Waals surface area contributed by atoms with Crippen LogP contribution >= 0.6 is 11.3 Å². The predicted octanol–water partition coefficient (Wildman–Crippen LogP) is 2.04. The van der Waals surface area contributed by atoms with E-state index >= 15 is 0 Å². The van der Waals surface area contributed by atoms with Crippen molar-refractivity contribution in [3.63, 3.8) is 0 Å². The highest BCUT2D eigenvalue weighted by atomic mass is 32.1. The minimum Gasteiger partial charge on any atom is -0.481 e. The minimum atomic E-state index is -0.794. The fourth-order valence-corrected chi connectivity index (χ4v) is 2.44. The van der Waals surface area contributed by atoms with Crippen LogP contribution in [-0.2, 0) is 20.8 Å². The molecule has 1 heterocycles. The van der Waals surface area contributed by atoms with Crippen molar-refractivity contribution in [3.8, 4) is 0 Å². The van der Waals surface area contributed by atoms with Crippen molar-refractivity contribution in [2.75, 3.05) is 11.9 Å². The van der Waals surface area contributed by atoms with E-state index in [0.29, 0.717) is 23.8 Å². The fourth-order valence-electron chi connectivity index (χ4n) is 1.73. The number of aliphatic carboxylic acids is 1. The maximum absolute atomic E-state index is 11.8. The maximum Gasteiger partial charge on any atom is 0.303 e. The van der Waals surface area contributed by atoms with Gasteiger partial charge < -0.3 is 15.7 Å². The first-order valence-corrected chi connectivity index (χ1v) is 8.50. The number of aromatic nitrogens is 1. The van der Waals surface area contributed by atoms with Crippen molar-refractivity contribution in [2.24, 2.45) is 5.92 Å². The first-order chi connectivity index (χ1) is 10.9. The van der Waals surface area contributed by atoms with Gasteiger partial charge >= 0.3 is 5.97 Å². The average Bonchev–Trinajstić information content (AvgIpc) is 2.89. The lowest BCUT2D eigenvalue weighted by Crippen LogP contribution is -2.26. The van der Waals surface area contributed by atoms with E-state index in [2.05, 4.69) is 15.6 Å². The second kappa shape index (κ2) is 9.94. The third-order valence-corrected chi connectivity index (χ3v) is 3.84. The number of rotatable bonds is 10. The number of thiazole rings is 1. The highest BCUT2D eigenvalue weighted by Crippen LogP contribution is 2.16. The monoisotopic (exact) mass is 341 g/mol. The SMILES string of the molecule is CC(C)C(=O)Nc1nc(CC(=O)NCCCCCC(=O)O)cs1. The molecule has 128 valence electrons. The zero-order chi connectivity index (χ0) is 17.2. The Labute approximate surface area is 139 Å². The van der Waals surface area contributed by atoms with Crippen LogP contribution in [0.1, 0.15) is 45.2 Å². The Balaban J connectivity index is 2.23. The topological polar surface area (TPSA) is 108 Å². The van der Waals surface area contributed by atoms with E-state index in [1.165, 1.54) is 11.3 Å². The van der Waals surface area contributed by atoms with Gasteiger partial charge in [-0.2, -0.15) is 0 Å². The minimum absolute atomic E-state index is 0.100. The summed E-state index contributed by atoms with van der Waals surface area (Å²) >= 11 is 1.30. The largest absolute Gasteiger partial charge is 0.481 e. The third kappa shape index (κ3) is 8.29. The maximum atomic E-state index is 11.8. The molecule has 0 saturated heterocycles. The number of carboxylic acid groups (broad SMARTS) is 1. The van der Waals surface area contributed by atoms with Crippen LogP contribution in [0.15, 0.2) is 5.38 Å². The molecule has 0 aliphatic heterocycles. The van der Waals surface area contributed by atoms with Gasteiger partial charge in [0.2, 0.25) is 11.8 Å². The van der Waals surface area contributed by atoms with Crippen molar-refractivity contribution in [1.29, 1.82) is 0 Å². The molecule has 0 radical (unpaired) electrons. The Morgan fingerprint density at radius 3 is 2.65 bits per heavy atom. The van der Waals surface area contributed by atoms with E-state index in [9.17, 15) is 14.4 Å². The molecule has 0 bridgehead atoms. The highest BCUT2D eigenvalue weighted by Gasteiger charge is 2.11. The van der Waals surface area contributed by atoms with Crippen LogP contribution in [0.4, 0.5) is 5.13 Å². The van der Waals surface area contributed by atoms with Gasteiger partial charge in [0.1, 0.15) is 0 Å². The van der Waals surface area contributed by atoms with Gasteiger partial charge in [0.05, 0.1) is 12.1 Å². The van der Waals surface area contributed by atoms with Gasteiger partial charge in [-0.25, -0.2) is 4.98 Å². The molecule has 2 amide bonds. The lowest BCUT2D eigenvalue weighted by Gasteiger charge is -2.04. The summed E-state index contributed by atoms with van der Waals surface area (Å²) in [6, 6.07) is 0. The van der Waals surface area contributed by atoms with E-state index < -0.39 is 5.97 Å². The Kier molecular flexibility index (Phi) is 8.25. The number of hydrogen-bond donors (Lipinski definition) is 3. The van der Waals surface area contributed by atoms with Crippen molar-refractivity contribution >= 4 is 34.3 Å². The summed E-state index contributed by atoms with van der Waals surface area (Å²) in [6.45, 7) is 4.13. The lowest BCUT2D eigenvalue weighted by atomic mass is 10.2. The van der Waals surface area contributed by atoms with E-state index in [0.717, 1.165) is 12.8 Å². The van der Waals surface area contributed by atoms with Crippen molar-refractivity contribution in [1.82, 2.24) is 10.3 Å². The molecule has 0 aliphatic carbocycles. The third-order valence-electron chi connectivity index (χ3n) is 3.04. The lowest BCUT2D eigenvalue weighted by molar-refractivity contribution is -0.137. The number of carbonyl (C=O) groups is 3. The van der Waals surface area contributed by atoms with Crippen molar-refractivity contribution in [3.05, 3.63) is 11.1 Å². The molecule has 0 atom stereocenters. The van der Waals surface area contributed by atoms with E-state index in [-0.39, 0.29) is 30.6 Å². The molecule has 0 unspecified atom stereocenters. The molecule has 1 aromatic heterocycles. The van der Waals surface area contributed by atoms with E-state index in [1.54, 1.807) is 19.2 Å². The van der Waals surface area contributed by atoms with Gasteiger partial charge in [-0.05, 0) is 12.8 Å². The zero-order valence-corrected chi connectivity index (χ0v) is 14.2. The summed E-state index contributed by atoms with van der Waals surface area (Å²) < 4.78 is 0. The second-order valence-electron chi connectivity index (χ2n) is 5.52. The molecule has 0 aromatic carbocycles. The Hall–Kier alpha value is -1.96. The number of nitrogens with one attached hydrogen (secondary N) is 2. The molecule has 1 aromatic rings. The molecule has 0 aliphatic rings. The van der Waals surface area contributed by atoms with Gasteiger partial charge in [0, 0.05) is 24.3 Å². The smallest absolute Gasteiger partial charge is 0.303 e. The Bertz CT molecular complexity index is 543.